The third-order valence-electron chi connectivity index (χ3n) is 11.9. The first kappa shape index (κ1) is 53.9. The molecular formula is C48H93NO8. The van der Waals surface area contributed by atoms with Crippen molar-refractivity contribution >= 4 is 5.91 Å². The largest absolute Gasteiger partial charge is 0.394 e. The number of carbonyl (C=O) groups excluding carboxylic acids is 1. The number of hydrogen-bond donors (Lipinski definition) is 6. The standard InChI is InChI=1S/C48H93NO8/c1-3-5-7-9-11-13-15-16-17-18-19-20-21-22-23-24-25-26-28-30-32-34-36-38-44(52)49-41(40-56-48-47(55)46(54)45(53)43(39-50)57-48)42(51)37-35-33-31-29-27-14-12-10-8-6-4-2/h35,37,41-43,45-48,50-51,53-55H,3-34,36,38-40H2,1-2H3,(H,49,52)/b37-35+/t41-,42+,43-,45-,46?,47?,48-/m0/s1. The van der Waals surface area contributed by atoms with Crippen molar-refractivity contribution < 1.29 is 39.8 Å². The van der Waals surface area contributed by atoms with E-state index < -0.39 is 49.5 Å². The predicted molar refractivity (Wildman–Crippen MR) is 235 cm³/mol. The molecule has 1 fully saturated rings. The molecule has 9 nitrogen and oxygen atoms in total. The van der Waals surface area contributed by atoms with Crippen molar-refractivity contribution in [2.24, 2.45) is 0 Å². The number of allylic oxidation sites excluding steroid dienone is 1. The summed E-state index contributed by atoms with van der Waals surface area (Å²) >= 11 is 0. The molecule has 1 aliphatic heterocycles. The van der Waals surface area contributed by atoms with Gasteiger partial charge in [0.05, 0.1) is 25.4 Å². The Morgan fingerprint density at radius 3 is 1.37 bits per heavy atom. The third-order valence-corrected chi connectivity index (χ3v) is 11.9. The van der Waals surface area contributed by atoms with Crippen LogP contribution < -0.4 is 5.32 Å². The lowest BCUT2D eigenvalue weighted by atomic mass is 9.99. The summed E-state index contributed by atoms with van der Waals surface area (Å²) in [6, 6.07) is -0.797. The van der Waals surface area contributed by atoms with E-state index >= 15 is 0 Å². The summed E-state index contributed by atoms with van der Waals surface area (Å²) < 4.78 is 11.2. The van der Waals surface area contributed by atoms with Crippen LogP contribution in [-0.4, -0.2) is 87.5 Å². The number of nitrogens with one attached hydrogen (secondary N) is 1. The van der Waals surface area contributed by atoms with Crippen LogP contribution in [0.3, 0.4) is 0 Å². The monoisotopic (exact) mass is 812 g/mol. The van der Waals surface area contributed by atoms with Crippen molar-refractivity contribution in [3.8, 4) is 0 Å². The highest BCUT2D eigenvalue weighted by Crippen LogP contribution is 2.23. The zero-order valence-corrected chi connectivity index (χ0v) is 37.1. The van der Waals surface area contributed by atoms with Gasteiger partial charge >= 0.3 is 0 Å². The summed E-state index contributed by atoms with van der Waals surface area (Å²) in [5.74, 6) is -0.174. The van der Waals surface area contributed by atoms with E-state index in [-0.39, 0.29) is 12.5 Å². The smallest absolute Gasteiger partial charge is 0.220 e. The van der Waals surface area contributed by atoms with Crippen LogP contribution in [0.5, 0.6) is 0 Å². The SMILES string of the molecule is CCCCCCCCCCC/C=C/[C@@H](O)[C@H](CO[C@H]1O[C@@H](CO)[C@H](O)C(O)C1O)NC(=O)CCCCCCCCCCCCCCCCCCCCCCCCC. The van der Waals surface area contributed by atoms with Gasteiger partial charge in [0.1, 0.15) is 24.4 Å². The number of unbranched alkanes of at least 4 members (excludes halogenated alkanes) is 31. The molecule has 57 heavy (non-hydrogen) atoms. The zero-order valence-electron chi connectivity index (χ0n) is 37.1. The molecule has 1 amide bonds. The molecule has 1 saturated heterocycles. The van der Waals surface area contributed by atoms with Gasteiger partial charge < -0.3 is 40.3 Å². The van der Waals surface area contributed by atoms with Gasteiger partial charge in [0, 0.05) is 6.42 Å². The molecule has 0 aromatic heterocycles. The summed E-state index contributed by atoms with van der Waals surface area (Å²) in [7, 11) is 0. The Morgan fingerprint density at radius 1 is 0.579 bits per heavy atom. The molecule has 338 valence electrons. The second kappa shape index (κ2) is 39.1. The van der Waals surface area contributed by atoms with E-state index in [1.807, 2.05) is 6.08 Å². The molecule has 0 bridgehead atoms. The van der Waals surface area contributed by atoms with Gasteiger partial charge in [-0.25, -0.2) is 0 Å². The lowest BCUT2D eigenvalue weighted by Crippen LogP contribution is -2.60. The van der Waals surface area contributed by atoms with Crippen LogP contribution >= 0.6 is 0 Å². The highest BCUT2D eigenvalue weighted by atomic mass is 16.7. The Morgan fingerprint density at radius 2 is 0.965 bits per heavy atom. The first-order chi connectivity index (χ1) is 27.8. The van der Waals surface area contributed by atoms with Gasteiger partial charge in [-0.2, -0.15) is 0 Å². The van der Waals surface area contributed by atoms with Crippen molar-refractivity contribution in [3.63, 3.8) is 0 Å². The van der Waals surface area contributed by atoms with Crippen molar-refractivity contribution in [2.45, 2.75) is 275 Å². The number of carbonyl (C=O) groups is 1. The van der Waals surface area contributed by atoms with E-state index in [1.165, 1.54) is 173 Å². The Labute approximate surface area is 350 Å². The topological polar surface area (TPSA) is 149 Å². The van der Waals surface area contributed by atoms with E-state index in [0.717, 1.165) is 38.5 Å². The van der Waals surface area contributed by atoms with Gasteiger partial charge in [-0.15, -0.1) is 0 Å². The second-order valence-corrected chi connectivity index (χ2v) is 17.3. The van der Waals surface area contributed by atoms with E-state index in [9.17, 15) is 30.3 Å². The molecule has 0 radical (unpaired) electrons. The predicted octanol–water partition coefficient (Wildman–Crippen LogP) is 10.5. The van der Waals surface area contributed by atoms with Crippen LogP contribution in [0.2, 0.25) is 0 Å². The van der Waals surface area contributed by atoms with Crippen molar-refractivity contribution in [3.05, 3.63) is 12.2 Å². The zero-order chi connectivity index (χ0) is 41.6. The minimum absolute atomic E-state index is 0.174. The summed E-state index contributed by atoms with van der Waals surface area (Å²) in [4.78, 5) is 13.0. The molecule has 7 atom stereocenters. The fraction of sp³-hybridized carbons (Fsp3) is 0.938. The summed E-state index contributed by atoms with van der Waals surface area (Å²) in [6.45, 7) is 3.78. The van der Waals surface area contributed by atoms with Crippen LogP contribution in [0.15, 0.2) is 12.2 Å². The van der Waals surface area contributed by atoms with E-state index in [1.54, 1.807) is 6.08 Å². The van der Waals surface area contributed by atoms with Gasteiger partial charge in [0.25, 0.3) is 0 Å². The summed E-state index contributed by atoms with van der Waals surface area (Å²) in [6.07, 6.45) is 38.4. The van der Waals surface area contributed by atoms with Crippen LogP contribution in [0.1, 0.15) is 232 Å². The van der Waals surface area contributed by atoms with E-state index in [2.05, 4.69) is 19.2 Å². The number of ether oxygens (including phenoxy) is 2. The fourth-order valence-electron chi connectivity index (χ4n) is 7.92. The molecule has 2 unspecified atom stereocenters. The molecule has 9 heteroatoms. The molecular weight excluding hydrogens is 719 g/mol. The molecule has 0 aromatic carbocycles. The average Bonchev–Trinajstić information content (AvgIpc) is 3.21. The van der Waals surface area contributed by atoms with Crippen molar-refractivity contribution in [1.29, 1.82) is 0 Å². The van der Waals surface area contributed by atoms with Crippen LogP contribution in [0.25, 0.3) is 0 Å². The van der Waals surface area contributed by atoms with Crippen LogP contribution in [0, 0.1) is 0 Å². The maximum Gasteiger partial charge on any atom is 0.220 e. The lowest BCUT2D eigenvalue weighted by molar-refractivity contribution is -0.302. The van der Waals surface area contributed by atoms with Gasteiger partial charge in [-0.3, -0.25) is 4.79 Å². The van der Waals surface area contributed by atoms with Crippen molar-refractivity contribution in [2.75, 3.05) is 13.2 Å². The maximum atomic E-state index is 13.0. The molecule has 0 aromatic rings. The highest BCUT2D eigenvalue weighted by molar-refractivity contribution is 5.76. The molecule has 0 aliphatic carbocycles. The Kier molecular flexibility index (Phi) is 37.0. The number of hydrogen-bond acceptors (Lipinski definition) is 8. The summed E-state index contributed by atoms with van der Waals surface area (Å²) in [5.41, 5.74) is 0. The highest BCUT2D eigenvalue weighted by Gasteiger charge is 2.44. The molecule has 0 saturated carbocycles. The molecule has 1 rings (SSSR count). The number of rotatable bonds is 41. The normalized spacial score (nSPS) is 21.0. The minimum atomic E-state index is -1.56. The fourth-order valence-corrected chi connectivity index (χ4v) is 7.92. The lowest BCUT2D eigenvalue weighted by Gasteiger charge is -2.40. The molecule has 6 N–H and O–H groups in total. The quantitative estimate of drug-likeness (QED) is 0.0264. The van der Waals surface area contributed by atoms with Crippen molar-refractivity contribution in [1.82, 2.24) is 5.32 Å². The molecule has 1 aliphatic rings. The molecule has 0 spiro atoms. The summed E-state index contributed by atoms with van der Waals surface area (Å²) in [5, 5.41) is 54.1. The number of amides is 1. The molecule has 1 heterocycles. The van der Waals surface area contributed by atoms with Crippen LogP contribution in [0.4, 0.5) is 0 Å². The first-order valence-electron chi connectivity index (χ1n) is 24.4. The van der Waals surface area contributed by atoms with Gasteiger partial charge in [0.15, 0.2) is 6.29 Å². The Balaban J connectivity index is 2.23. The first-order valence-corrected chi connectivity index (χ1v) is 24.4. The van der Waals surface area contributed by atoms with E-state index in [0.29, 0.717) is 6.42 Å². The maximum absolute atomic E-state index is 13.0. The third kappa shape index (κ3) is 29.7. The van der Waals surface area contributed by atoms with Gasteiger partial charge in [-0.05, 0) is 19.3 Å². The number of aliphatic hydroxyl groups excluding tert-OH is 5. The number of aliphatic hydroxyl groups is 5. The van der Waals surface area contributed by atoms with Gasteiger partial charge in [-0.1, -0.05) is 219 Å². The van der Waals surface area contributed by atoms with E-state index in [4.69, 9.17) is 9.47 Å². The average molecular weight is 812 g/mol. The minimum Gasteiger partial charge on any atom is -0.394 e. The Hall–Kier alpha value is -1.07. The van der Waals surface area contributed by atoms with Crippen LogP contribution in [-0.2, 0) is 14.3 Å². The van der Waals surface area contributed by atoms with Gasteiger partial charge in [0.2, 0.25) is 5.91 Å². The Bertz CT molecular complexity index is 904. The second-order valence-electron chi connectivity index (χ2n) is 17.3.